The lowest BCUT2D eigenvalue weighted by atomic mass is 9.73. The SMILES string of the molecule is CC(C)CC1(F)CC(=O)C1.CC(C)CC1(F)CC(F)(F)C1.CC(C)CC1(F)COC1.CC(C)CC1CC(=O)C1.CC(C)CC1CC(F)(F)C1.CC(C)CC1CC=CC1.CC(C)CC1CCCC1.CC(C)CC1CCOC1. The van der Waals surface area contributed by atoms with Crippen LogP contribution in [-0.4, -0.2) is 66.8 Å². The van der Waals surface area contributed by atoms with Gasteiger partial charge in [-0.15, -0.1) is 0 Å². The third-order valence-electron chi connectivity index (χ3n) is 15.1. The quantitative estimate of drug-likeness (QED) is 0.114. The zero-order valence-electron chi connectivity index (χ0n) is 51.5. The molecule has 2 heterocycles. The van der Waals surface area contributed by atoms with Crippen molar-refractivity contribution in [2.45, 2.75) is 287 Å². The van der Waals surface area contributed by atoms with Crippen LogP contribution in [0.4, 0.5) is 30.7 Å². The topological polar surface area (TPSA) is 52.6 Å². The summed E-state index contributed by atoms with van der Waals surface area (Å²) in [6, 6.07) is 0. The number of ether oxygens (including phenoxy) is 2. The average Bonchev–Trinajstić information content (AvgIpc) is 4.01. The van der Waals surface area contributed by atoms with E-state index in [0.29, 0.717) is 55.5 Å². The molecule has 0 amide bonds. The van der Waals surface area contributed by atoms with E-state index < -0.39 is 41.7 Å². The Morgan fingerprint density at radius 3 is 1.16 bits per heavy atom. The largest absolute Gasteiger partial charge is 0.381 e. The van der Waals surface area contributed by atoms with Crippen LogP contribution in [0.5, 0.6) is 0 Å². The van der Waals surface area contributed by atoms with Gasteiger partial charge in [0.05, 0.1) is 13.2 Å². The third-order valence-corrected chi connectivity index (χ3v) is 15.1. The van der Waals surface area contributed by atoms with Crippen LogP contribution in [0.15, 0.2) is 12.2 Å². The van der Waals surface area contributed by atoms with Crippen LogP contribution in [0.1, 0.15) is 258 Å². The predicted octanol–water partition coefficient (Wildman–Crippen LogP) is 20.4. The molecular formula is C65H117F7O4. The van der Waals surface area contributed by atoms with Gasteiger partial charge in [-0.25, -0.2) is 30.7 Å². The molecule has 450 valence electrons. The number of allylic oxidation sites excluding steroid dienone is 2. The Kier molecular flexibility index (Phi) is 33.8. The second-order valence-electron chi connectivity index (χ2n) is 28.6. The Morgan fingerprint density at radius 1 is 0.434 bits per heavy atom. The number of hydrogen-bond donors (Lipinski definition) is 0. The fourth-order valence-electron chi connectivity index (χ4n) is 12.4. The van der Waals surface area contributed by atoms with Gasteiger partial charge in [0.2, 0.25) is 5.92 Å². The Balaban J connectivity index is 0.000000435. The van der Waals surface area contributed by atoms with Gasteiger partial charge in [-0.1, -0.05) is 149 Å². The molecule has 7 fully saturated rings. The summed E-state index contributed by atoms with van der Waals surface area (Å²) in [7, 11) is 0. The van der Waals surface area contributed by atoms with Crippen LogP contribution in [0.2, 0.25) is 0 Å². The Labute approximate surface area is 462 Å². The van der Waals surface area contributed by atoms with Crippen molar-refractivity contribution in [3.8, 4) is 0 Å². The van der Waals surface area contributed by atoms with Crippen molar-refractivity contribution in [2.75, 3.05) is 26.4 Å². The number of hydrogen-bond acceptors (Lipinski definition) is 4. The Hall–Kier alpha value is -1.49. The van der Waals surface area contributed by atoms with Gasteiger partial charge in [-0.05, 0) is 148 Å². The van der Waals surface area contributed by atoms with E-state index in [1.54, 1.807) is 0 Å². The van der Waals surface area contributed by atoms with Crippen LogP contribution < -0.4 is 0 Å². The van der Waals surface area contributed by atoms with Crippen molar-refractivity contribution < 1.29 is 49.8 Å². The molecule has 11 heteroatoms. The van der Waals surface area contributed by atoms with Gasteiger partial charge in [0.1, 0.15) is 22.9 Å². The van der Waals surface area contributed by atoms with Gasteiger partial charge in [0.15, 0.2) is 5.67 Å². The number of alkyl halides is 7. The summed E-state index contributed by atoms with van der Waals surface area (Å²) in [4.78, 5) is 20.9. The molecule has 2 aliphatic heterocycles. The van der Waals surface area contributed by atoms with Crippen molar-refractivity contribution in [3.05, 3.63) is 12.2 Å². The molecule has 6 aliphatic carbocycles. The van der Waals surface area contributed by atoms with Gasteiger partial charge < -0.3 is 9.47 Å². The molecule has 0 aromatic heterocycles. The van der Waals surface area contributed by atoms with E-state index in [4.69, 9.17) is 9.47 Å². The first kappa shape index (κ1) is 72.5. The minimum absolute atomic E-state index is 0.0724. The molecule has 0 radical (unpaired) electrons. The summed E-state index contributed by atoms with van der Waals surface area (Å²) in [5, 5.41) is 0. The van der Waals surface area contributed by atoms with Crippen molar-refractivity contribution in [1.29, 1.82) is 0 Å². The zero-order chi connectivity index (χ0) is 58.1. The maximum atomic E-state index is 13.2. The summed E-state index contributed by atoms with van der Waals surface area (Å²) in [5.74, 6) is 4.40. The predicted molar refractivity (Wildman–Crippen MR) is 305 cm³/mol. The lowest BCUT2D eigenvalue weighted by Gasteiger charge is -2.41. The van der Waals surface area contributed by atoms with E-state index in [1.165, 1.54) is 70.6 Å². The zero-order valence-corrected chi connectivity index (χ0v) is 51.5. The fraction of sp³-hybridized carbons (Fsp3) is 0.938. The molecular weight excluding hydrogens is 978 g/mol. The monoisotopic (exact) mass is 1090 g/mol. The van der Waals surface area contributed by atoms with E-state index >= 15 is 0 Å². The molecule has 0 aromatic rings. The molecule has 8 rings (SSSR count). The lowest BCUT2D eigenvalue weighted by Crippen LogP contribution is -2.49. The second-order valence-corrected chi connectivity index (χ2v) is 28.6. The van der Waals surface area contributed by atoms with Crippen molar-refractivity contribution in [2.24, 2.45) is 76.9 Å². The molecule has 1 atom stereocenters. The van der Waals surface area contributed by atoms with Gasteiger partial charge in [-0.3, -0.25) is 9.59 Å². The van der Waals surface area contributed by atoms with Crippen LogP contribution in [0.25, 0.3) is 0 Å². The average molecular weight is 1100 g/mol. The van der Waals surface area contributed by atoms with E-state index in [1.807, 2.05) is 41.5 Å². The number of halogens is 7. The summed E-state index contributed by atoms with van der Waals surface area (Å²) in [5.41, 5.74) is -3.68. The minimum Gasteiger partial charge on any atom is -0.381 e. The first-order valence-corrected chi connectivity index (χ1v) is 30.7. The Morgan fingerprint density at radius 2 is 0.829 bits per heavy atom. The molecule has 0 bridgehead atoms. The lowest BCUT2D eigenvalue weighted by molar-refractivity contribution is -0.175. The second kappa shape index (κ2) is 35.4. The Bertz CT molecular complexity index is 1490. The highest BCUT2D eigenvalue weighted by molar-refractivity contribution is 5.87. The first-order chi connectivity index (χ1) is 35.0. The molecule has 2 saturated heterocycles. The molecule has 1 unspecified atom stereocenters. The van der Waals surface area contributed by atoms with Gasteiger partial charge in [-0.2, -0.15) is 0 Å². The van der Waals surface area contributed by atoms with E-state index in [9.17, 15) is 40.3 Å². The van der Waals surface area contributed by atoms with Gasteiger partial charge >= 0.3 is 0 Å². The normalized spacial score (nSPS) is 23.6. The fourth-order valence-corrected chi connectivity index (χ4v) is 12.4. The molecule has 8 aliphatic rings. The summed E-state index contributed by atoms with van der Waals surface area (Å²) in [6.07, 6.45) is 23.6. The number of carbonyl (C=O) groups is 2. The smallest absolute Gasteiger partial charge is 0.254 e. The van der Waals surface area contributed by atoms with Crippen LogP contribution in [-0.2, 0) is 19.1 Å². The van der Waals surface area contributed by atoms with Crippen molar-refractivity contribution >= 4 is 11.6 Å². The van der Waals surface area contributed by atoms with E-state index in [2.05, 4.69) is 81.4 Å². The maximum Gasteiger partial charge on any atom is 0.254 e. The molecule has 0 spiro atoms. The van der Waals surface area contributed by atoms with E-state index in [-0.39, 0.29) is 43.8 Å². The summed E-state index contributed by atoms with van der Waals surface area (Å²) >= 11 is 0. The van der Waals surface area contributed by atoms with Crippen molar-refractivity contribution in [3.63, 3.8) is 0 Å². The van der Waals surface area contributed by atoms with Gasteiger partial charge in [0.25, 0.3) is 5.92 Å². The van der Waals surface area contributed by atoms with Crippen LogP contribution >= 0.6 is 0 Å². The minimum atomic E-state index is -2.73. The van der Waals surface area contributed by atoms with Gasteiger partial charge in [0, 0.05) is 64.6 Å². The molecule has 4 nitrogen and oxygen atoms in total. The highest BCUT2D eigenvalue weighted by Gasteiger charge is 2.57. The summed E-state index contributed by atoms with van der Waals surface area (Å²) < 4.78 is 98.4. The molecule has 76 heavy (non-hydrogen) atoms. The summed E-state index contributed by atoms with van der Waals surface area (Å²) in [6.45, 7) is 36.7. The number of rotatable bonds is 16. The van der Waals surface area contributed by atoms with Crippen LogP contribution in [0, 0.1) is 76.9 Å². The standard InChI is InChI=1S/C9H18.C9H16.C8H13F3.C8H14F2.C8H13FO.C8H14O.C8H16O.C7H13FO/c2*1-8(2)7-9-5-3-4-6-9;1-6(2)3-7(9)4-8(10,11)5-7;1-6(2)3-7-4-8(9,10)5-7;1-6(2)3-8(9)4-7(10)5-8;1-6(2)3-7-4-8(9)5-7;1-7(2)5-8-3-4-9-6-8;1-6(2)3-7(8)4-9-5-7/h8-9H,3-7H2,1-2H3;3-4,8-9H,5-7H2,1-2H3;6H,3-5H2,1-2H3;6-7H,3-5H2,1-2H3;6H,3-5H2,1-2H3;6-7H,3-5H2,1-2H3;7-8H,3-6H2,1-2H3;6H,3-5H2,1-2H3. The highest BCUT2D eigenvalue weighted by Crippen LogP contribution is 2.51. The molecule has 0 N–H and O–H groups in total. The first-order valence-electron chi connectivity index (χ1n) is 30.7. The van der Waals surface area contributed by atoms with Crippen LogP contribution in [0.3, 0.4) is 0 Å². The number of Topliss-reactive ketones (excluding diaryl/α,β-unsaturated/α-hetero) is 2. The van der Waals surface area contributed by atoms with Crippen molar-refractivity contribution in [1.82, 2.24) is 0 Å². The van der Waals surface area contributed by atoms with E-state index in [0.717, 1.165) is 79.8 Å². The molecule has 0 aromatic carbocycles. The molecule has 5 saturated carbocycles. The number of carbonyl (C=O) groups excluding carboxylic acids is 2. The maximum absolute atomic E-state index is 13.2. The third kappa shape index (κ3) is 35.3. The highest BCUT2D eigenvalue weighted by atomic mass is 19.3. The number of ketones is 2.